The van der Waals surface area contributed by atoms with Crippen molar-refractivity contribution in [2.75, 3.05) is 13.7 Å². The van der Waals surface area contributed by atoms with Crippen LogP contribution in [-0.2, 0) is 9.53 Å². The molecule has 0 aliphatic carbocycles. The summed E-state index contributed by atoms with van der Waals surface area (Å²) >= 11 is 0. The van der Waals surface area contributed by atoms with Crippen molar-refractivity contribution in [1.82, 2.24) is 4.98 Å². The predicted octanol–water partition coefficient (Wildman–Crippen LogP) is 1.47. The molecule has 1 aromatic rings. The largest absolute Gasteiger partial charge is 0.491 e. The van der Waals surface area contributed by atoms with Gasteiger partial charge in [-0.05, 0) is 26.0 Å². The highest BCUT2D eigenvalue weighted by atomic mass is 16.5. The van der Waals surface area contributed by atoms with Crippen LogP contribution in [0.3, 0.4) is 0 Å². The second-order valence-electron chi connectivity index (χ2n) is 4.20. The zero-order chi connectivity index (χ0) is 12.9. The van der Waals surface area contributed by atoms with E-state index in [4.69, 9.17) is 4.74 Å². The number of hydrogen-bond acceptors (Lipinski definition) is 5. The summed E-state index contributed by atoms with van der Waals surface area (Å²) in [6, 6.07) is 3.18. The number of carbonyl (C=O) groups is 2. The molecule has 0 saturated carbocycles. The molecule has 0 saturated heterocycles. The molecule has 1 aromatic heterocycles. The molecule has 0 aliphatic heterocycles. The Hall–Kier alpha value is -1.91. The fourth-order valence-corrected chi connectivity index (χ4v) is 1.15. The summed E-state index contributed by atoms with van der Waals surface area (Å²) in [5.41, 5.74) is -0.387. The van der Waals surface area contributed by atoms with Crippen LogP contribution in [0.2, 0.25) is 0 Å². The van der Waals surface area contributed by atoms with Crippen LogP contribution in [0.15, 0.2) is 18.3 Å². The van der Waals surface area contributed by atoms with Crippen LogP contribution in [-0.4, -0.2) is 31.0 Å². The van der Waals surface area contributed by atoms with E-state index in [0.717, 1.165) is 0 Å². The van der Waals surface area contributed by atoms with Crippen molar-refractivity contribution < 1.29 is 19.1 Å². The average Bonchev–Trinajstić information content (AvgIpc) is 2.36. The van der Waals surface area contributed by atoms with E-state index in [-0.39, 0.29) is 12.6 Å². The number of pyridine rings is 1. The first-order chi connectivity index (χ1) is 7.99. The van der Waals surface area contributed by atoms with Gasteiger partial charge >= 0.3 is 5.97 Å². The van der Waals surface area contributed by atoms with Gasteiger partial charge in [0.05, 0.1) is 18.7 Å². The minimum Gasteiger partial charge on any atom is -0.491 e. The lowest BCUT2D eigenvalue weighted by atomic mass is 9.95. The van der Waals surface area contributed by atoms with Gasteiger partial charge < -0.3 is 9.47 Å². The number of methoxy groups -OCH3 is 1. The van der Waals surface area contributed by atoms with Crippen LogP contribution in [0.5, 0.6) is 5.75 Å². The fourth-order valence-electron chi connectivity index (χ4n) is 1.15. The molecule has 0 bridgehead atoms. The maximum atomic E-state index is 11.4. The smallest absolute Gasteiger partial charge is 0.314 e. The van der Waals surface area contributed by atoms with Gasteiger partial charge in [-0.15, -0.1) is 0 Å². The molecule has 5 nitrogen and oxygen atoms in total. The van der Waals surface area contributed by atoms with E-state index in [1.165, 1.54) is 13.3 Å². The summed E-state index contributed by atoms with van der Waals surface area (Å²) in [7, 11) is 1.34. The highest BCUT2D eigenvalue weighted by Crippen LogP contribution is 2.19. The molecule has 17 heavy (non-hydrogen) atoms. The molecule has 92 valence electrons. The monoisotopic (exact) mass is 237 g/mol. The number of ether oxygens (including phenoxy) is 2. The first kappa shape index (κ1) is 13.2. The Labute approximate surface area is 99.8 Å². The summed E-state index contributed by atoms with van der Waals surface area (Å²) in [4.78, 5) is 25.6. The molecule has 5 heteroatoms. The molecule has 0 fully saturated rings. The van der Waals surface area contributed by atoms with Crippen molar-refractivity contribution >= 4 is 12.3 Å². The van der Waals surface area contributed by atoms with Gasteiger partial charge in [-0.25, -0.2) is 4.98 Å². The number of carbonyl (C=O) groups excluding carboxylic acids is 2. The molecule has 0 N–H and O–H groups in total. The maximum absolute atomic E-state index is 11.4. The number of nitrogens with zero attached hydrogens (tertiary/aromatic N) is 1. The van der Waals surface area contributed by atoms with Crippen LogP contribution in [0, 0.1) is 5.41 Å². The van der Waals surface area contributed by atoms with Crippen molar-refractivity contribution in [3.8, 4) is 5.75 Å². The first-order valence-corrected chi connectivity index (χ1v) is 5.12. The van der Waals surface area contributed by atoms with Gasteiger partial charge in [-0.1, -0.05) is 0 Å². The number of aldehydes is 1. The third kappa shape index (κ3) is 3.55. The summed E-state index contributed by atoms with van der Waals surface area (Å²) in [6.07, 6.45) is 2.10. The predicted molar refractivity (Wildman–Crippen MR) is 60.9 cm³/mol. The molecular weight excluding hydrogens is 222 g/mol. The van der Waals surface area contributed by atoms with Gasteiger partial charge in [0.15, 0.2) is 6.29 Å². The number of aromatic nitrogens is 1. The van der Waals surface area contributed by atoms with E-state index in [1.54, 1.807) is 26.0 Å². The van der Waals surface area contributed by atoms with E-state index in [1.807, 2.05) is 0 Å². The average molecular weight is 237 g/mol. The molecule has 0 amide bonds. The van der Waals surface area contributed by atoms with Gasteiger partial charge in [-0.2, -0.15) is 0 Å². The summed E-state index contributed by atoms with van der Waals surface area (Å²) in [6.45, 7) is 3.64. The van der Waals surface area contributed by atoms with E-state index < -0.39 is 5.41 Å². The van der Waals surface area contributed by atoms with Crippen LogP contribution in [0.25, 0.3) is 0 Å². The van der Waals surface area contributed by atoms with Gasteiger partial charge in [0, 0.05) is 0 Å². The molecule has 1 rings (SSSR count). The van der Waals surface area contributed by atoms with Gasteiger partial charge in [0.2, 0.25) is 0 Å². The molecule has 0 unspecified atom stereocenters. The van der Waals surface area contributed by atoms with Crippen LogP contribution in [0.1, 0.15) is 24.3 Å². The van der Waals surface area contributed by atoms with Gasteiger partial charge in [0.1, 0.15) is 18.1 Å². The quantitative estimate of drug-likeness (QED) is 0.573. The lowest BCUT2D eigenvalue weighted by Gasteiger charge is -2.21. The van der Waals surface area contributed by atoms with Crippen LogP contribution >= 0.6 is 0 Å². The Bertz CT molecular complexity index is 397. The molecule has 0 radical (unpaired) electrons. The summed E-state index contributed by atoms with van der Waals surface area (Å²) in [5, 5.41) is 0. The lowest BCUT2D eigenvalue weighted by Crippen LogP contribution is -2.32. The normalized spacial score (nSPS) is 10.8. The Balaban J connectivity index is 2.60. The molecule has 0 atom stereocenters. The topological polar surface area (TPSA) is 65.5 Å². The molecule has 0 aliphatic rings. The Kier molecular flexibility index (Phi) is 4.20. The Morgan fingerprint density at radius 1 is 1.47 bits per heavy atom. The maximum Gasteiger partial charge on any atom is 0.314 e. The molecule has 0 spiro atoms. The van der Waals surface area contributed by atoms with Crippen molar-refractivity contribution in [3.63, 3.8) is 0 Å². The second-order valence-corrected chi connectivity index (χ2v) is 4.20. The minimum atomic E-state index is -0.724. The van der Waals surface area contributed by atoms with Gasteiger partial charge in [-0.3, -0.25) is 9.59 Å². The van der Waals surface area contributed by atoms with E-state index in [9.17, 15) is 9.59 Å². The van der Waals surface area contributed by atoms with Crippen molar-refractivity contribution in [1.29, 1.82) is 0 Å². The minimum absolute atomic E-state index is 0.182. The molecule has 0 aromatic carbocycles. The van der Waals surface area contributed by atoms with E-state index in [0.29, 0.717) is 17.7 Å². The Morgan fingerprint density at radius 2 is 2.18 bits per heavy atom. The highest BCUT2D eigenvalue weighted by molar-refractivity contribution is 5.76. The number of rotatable bonds is 5. The zero-order valence-corrected chi connectivity index (χ0v) is 10.1. The lowest BCUT2D eigenvalue weighted by molar-refractivity contribution is -0.152. The van der Waals surface area contributed by atoms with E-state index >= 15 is 0 Å². The van der Waals surface area contributed by atoms with Crippen molar-refractivity contribution in [2.24, 2.45) is 5.41 Å². The fraction of sp³-hybridized carbons (Fsp3) is 0.417. The molecular formula is C12H15NO4. The third-order valence-corrected chi connectivity index (χ3v) is 2.22. The Morgan fingerprint density at radius 3 is 2.65 bits per heavy atom. The standard InChI is InChI=1S/C12H15NO4/c1-12(2,11(15)16-3)8-17-10-5-4-9(7-14)13-6-10/h4-7H,8H2,1-3H3. The van der Waals surface area contributed by atoms with Crippen molar-refractivity contribution in [3.05, 3.63) is 24.0 Å². The van der Waals surface area contributed by atoms with Crippen LogP contribution in [0.4, 0.5) is 0 Å². The summed E-state index contributed by atoms with van der Waals surface area (Å²) < 4.78 is 10.1. The molecule has 1 heterocycles. The third-order valence-electron chi connectivity index (χ3n) is 2.22. The summed E-state index contributed by atoms with van der Waals surface area (Å²) in [5.74, 6) is 0.169. The van der Waals surface area contributed by atoms with Crippen LogP contribution < -0.4 is 4.74 Å². The SMILES string of the molecule is COC(=O)C(C)(C)COc1ccc(C=O)nc1. The van der Waals surface area contributed by atoms with E-state index in [2.05, 4.69) is 9.72 Å². The zero-order valence-electron chi connectivity index (χ0n) is 10.1. The highest BCUT2D eigenvalue weighted by Gasteiger charge is 2.29. The van der Waals surface area contributed by atoms with Crippen molar-refractivity contribution in [2.45, 2.75) is 13.8 Å². The number of hydrogen-bond donors (Lipinski definition) is 0. The number of esters is 1. The first-order valence-electron chi connectivity index (χ1n) is 5.12. The second kappa shape index (κ2) is 5.43. The van der Waals surface area contributed by atoms with Gasteiger partial charge in [0.25, 0.3) is 0 Å².